The van der Waals surface area contributed by atoms with Crippen molar-refractivity contribution in [1.29, 1.82) is 0 Å². The highest BCUT2D eigenvalue weighted by molar-refractivity contribution is 5.76. The van der Waals surface area contributed by atoms with Gasteiger partial charge in [0.15, 0.2) is 0 Å². The summed E-state index contributed by atoms with van der Waals surface area (Å²) >= 11 is 0. The molecular weight excluding hydrogens is 382 g/mol. The second kappa shape index (κ2) is 12.5. The Hall–Kier alpha value is -1.40. The van der Waals surface area contributed by atoms with E-state index in [1.54, 1.807) is 6.92 Å². The molecule has 6 heteroatoms. The van der Waals surface area contributed by atoms with Crippen molar-refractivity contribution in [2.45, 2.75) is 102 Å². The highest BCUT2D eigenvalue weighted by atomic mass is 16.4. The summed E-state index contributed by atoms with van der Waals surface area (Å²) in [5.74, 6) is -0.147. The number of carbonyl (C=O) groups excluding carboxylic acids is 1. The molecule has 0 bridgehead atoms. The van der Waals surface area contributed by atoms with E-state index in [9.17, 15) is 19.8 Å². The van der Waals surface area contributed by atoms with Crippen LogP contribution in [0.2, 0.25) is 0 Å². The fourth-order valence-corrected chi connectivity index (χ4v) is 4.81. The molecule has 0 aromatic heterocycles. The molecule has 0 aromatic rings. The molecule has 2 aliphatic rings. The molecule has 1 saturated carbocycles. The summed E-state index contributed by atoms with van der Waals surface area (Å²) in [6.45, 7) is 3.44. The number of carboxylic acids is 1. The number of amides is 1. The molecule has 1 aliphatic heterocycles. The SMILES string of the molecule is CC(O)(C=CC1CCC(O)C1CCCCCCC(=O)O)CCC(=O)N1CCCCC1. The number of nitrogens with zero attached hydrogens (tertiary/aromatic N) is 1. The van der Waals surface area contributed by atoms with Gasteiger partial charge in [0.25, 0.3) is 0 Å². The van der Waals surface area contributed by atoms with Gasteiger partial charge >= 0.3 is 5.97 Å². The molecule has 4 unspecified atom stereocenters. The maximum atomic E-state index is 12.4. The Morgan fingerprint density at radius 2 is 1.73 bits per heavy atom. The zero-order valence-corrected chi connectivity index (χ0v) is 18.6. The number of carboxylic acid groups (broad SMARTS) is 1. The molecule has 1 amide bonds. The van der Waals surface area contributed by atoms with Crippen molar-refractivity contribution in [3.05, 3.63) is 12.2 Å². The van der Waals surface area contributed by atoms with E-state index in [4.69, 9.17) is 5.11 Å². The van der Waals surface area contributed by atoms with Gasteiger partial charge in [-0.3, -0.25) is 9.59 Å². The summed E-state index contributed by atoms with van der Waals surface area (Å²) < 4.78 is 0. The molecule has 4 atom stereocenters. The third-order valence-corrected chi connectivity index (χ3v) is 6.77. The van der Waals surface area contributed by atoms with Gasteiger partial charge in [-0.15, -0.1) is 0 Å². The van der Waals surface area contributed by atoms with Crippen LogP contribution in [0.25, 0.3) is 0 Å². The van der Waals surface area contributed by atoms with Gasteiger partial charge in [0.2, 0.25) is 5.91 Å². The maximum absolute atomic E-state index is 12.4. The van der Waals surface area contributed by atoms with Crippen molar-refractivity contribution < 1.29 is 24.9 Å². The van der Waals surface area contributed by atoms with Gasteiger partial charge in [0.1, 0.15) is 0 Å². The fraction of sp³-hybridized carbons (Fsp3) is 0.833. The van der Waals surface area contributed by atoms with Crippen molar-refractivity contribution in [3.8, 4) is 0 Å². The summed E-state index contributed by atoms with van der Waals surface area (Å²) in [5.41, 5.74) is -1.01. The number of aliphatic carboxylic acids is 1. The molecule has 3 N–H and O–H groups in total. The van der Waals surface area contributed by atoms with Gasteiger partial charge in [0.05, 0.1) is 11.7 Å². The third-order valence-electron chi connectivity index (χ3n) is 6.77. The van der Waals surface area contributed by atoms with Crippen LogP contribution < -0.4 is 0 Å². The second-order valence-electron chi connectivity index (χ2n) is 9.48. The zero-order chi connectivity index (χ0) is 22.0. The monoisotopic (exact) mass is 423 g/mol. The van der Waals surface area contributed by atoms with Crippen LogP contribution in [0, 0.1) is 11.8 Å². The van der Waals surface area contributed by atoms with Crippen LogP contribution in [-0.2, 0) is 9.59 Å². The topological polar surface area (TPSA) is 98.1 Å². The number of hydrogen-bond donors (Lipinski definition) is 3. The number of piperidine rings is 1. The fourth-order valence-electron chi connectivity index (χ4n) is 4.81. The van der Waals surface area contributed by atoms with Crippen molar-refractivity contribution in [1.82, 2.24) is 4.90 Å². The second-order valence-corrected chi connectivity index (χ2v) is 9.48. The zero-order valence-electron chi connectivity index (χ0n) is 18.6. The smallest absolute Gasteiger partial charge is 0.303 e. The lowest BCUT2D eigenvalue weighted by Crippen LogP contribution is -2.36. The molecule has 2 fully saturated rings. The summed E-state index contributed by atoms with van der Waals surface area (Å²) in [6.07, 6.45) is 14.2. The Labute approximate surface area is 181 Å². The van der Waals surface area contributed by atoms with Gasteiger partial charge in [-0.05, 0) is 70.1 Å². The molecule has 2 rings (SSSR count). The van der Waals surface area contributed by atoms with Crippen LogP contribution in [0.3, 0.4) is 0 Å². The first-order valence-electron chi connectivity index (χ1n) is 11.9. The number of rotatable bonds is 12. The molecule has 0 spiro atoms. The average molecular weight is 424 g/mol. The van der Waals surface area contributed by atoms with E-state index >= 15 is 0 Å². The van der Waals surface area contributed by atoms with Gasteiger partial charge < -0.3 is 20.2 Å². The van der Waals surface area contributed by atoms with E-state index < -0.39 is 11.6 Å². The van der Waals surface area contributed by atoms with E-state index in [0.29, 0.717) is 19.3 Å². The summed E-state index contributed by atoms with van der Waals surface area (Å²) in [4.78, 5) is 24.8. The Kier molecular flexibility index (Phi) is 10.3. The van der Waals surface area contributed by atoms with E-state index in [1.807, 2.05) is 11.0 Å². The first-order valence-corrected chi connectivity index (χ1v) is 11.9. The molecule has 1 heterocycles. The Bertz CT molecular complexity index is 568. The van der Waals surface area contributed by atoms with Crippen molar-refractivity contribution >= 4 is 11.9 Å². The molecule has 30 heavy (non-hydrogen) atoms. The predicted molar refractivity (Wildman–Crippen MR) is 117 cm³/mol. The van der Waals surface area contributed by atoms with Crippen molar-refractivity contribution in [2.24, 2.45) is 11.8 Å². The number of likely N-dealkylation sites (tertiary alicyclic amines) is 1. The highest BCUT2D eigenvalue weighted by Gasteiger charge is 2.33. The van der Waals surface area contributed by atoms with Crippen molar-refractivity contribution in [2.75, 3.05) is 13.1 Å². The summed E-state index contributed by atoms with van der Waals surface area (Å²) in [7, 11) is 0. The lowest BCUT2D eigenvalue weighted by molar-refractivity contribution is -0.137. The molecule has 1 aliphatic carbocycles. The molecule has 6 nitrogen and oxygen atoms in total. The van der Waals surface area contributed by atoms with Gasteiger partial charge in [-0.1, -0.05) is 31.4 Å². The quantitative estimate of drug-likeness (QED) is 0.327. The third kappa shape index (κ3) is 8.76. The van der Waals surface area contributed by atoms with E-state index in [-0.39, 0.29) is 30.3 Å². The number of carbonyl (C=O) groups is 2. The van der Waals surface area contributed by atoms with Crippen molar-refractivity contribution in [3.63, 3.8) is 0 Å². The first-order chi connectivity index (χ1) is 14.3. The molecule has 1 saturated heterocycles. The predicted octanol–water partition coefficient (Wildman–Crippen LogP) is 3.90. The van der Waals surface area contributed by atoms with Crippen LogP contribution >= 0.6 is 0 Å². The maximum Gasteiger partial charge on any atom is 0.303 e. The largest absolute Gasteiger partial charge is 0.481 e. The number of hydrogen-bond acceptors (Lipinski definition) is 4. The van der Waals surface area contributed by atoms with Crippen LogP contribution in [0.15, 0.2) is 12.2 Å². The minimum atomic E-state index is -1.01. The molecule has 172 valence electrons. The standard InChI is InChI=1S/C24H41NO5/c1-24(30,16-14-22(27)25-17-7-4-8-18-25)15-13-19-11-12-21(26)20(19)9-5-2-3-6-10-23(28)29/h13,15,19-21,26,30H,2-12,14,16-18H2,1H3,(H,28,29). The lowest BCUT2D eigenvalue weighted by Gasteiger charge is -2.28. The van der Waals surface area contributed by atoms with E-state index in [0.717, 1.165) is 64.5 Å². The number of aliphatic hydroxyl groups excluding tert-OH is 1. The molecular formula is C24H41NO5. The lowest BCUT2D eigenvalue weighted by atomic mass is 9.87. The summed E-state index contributed by atoms with van der Waals surface area (Å²) in [6, 6.07) is 0. The number of unbranched alkanes of at least 4 members (excludes halogenated alkanes) is 3. The van der Waals surface area contributed by atoms with Crippen LogP contribution in [0.4, 0.5) is 0 Å². The molecule has 0 aromatic carbocycles. The highest BCUT2D eigenvalue weighted by Crippen LogP contribution is 2.37. The van der Waals surface area contributed by atoms with Gasteiger partial charge in [-0.2, -0.15) is 0 Å². The Morgan fingerprint density at radius 1 is 1.03 bits per heavy atom. The number of aliphatic hydroxyl groups is 2. The van der Waals surface area contributed by atoms with E-state index in [1.165, 1.54) is 6.42 Å². The van der Waals surface area contributed by atoms with Crippen LogP contribution in [-0.4, -0.2) is 56.9 Å². The Balaban J connectivity index is 1.74. The normalized spacial score (nSPS) is 26.8. The minimum absolute atomic E-state index is 0.139. The van der Waals surface area contributed by atoms with Crippen LogP contribution in [0.1, 0.15) is 90.4 Å². The average Bonchev–Trinajstić information content (AvgIpc) is 3.07. The van der Waals surface area contributed by atoms with Crippen LogP contribution in [0.5, 0.6) is 0 Å². The summed E-state index contributed by atoms with van der Waals surface area (Å²) in [5, 5.41) is 29.8. The van der Waals surface area contributed by atoms with Gasteiger partial charge in [0, 0.05) is 25.9 Å². The molecule has 0 radical (unpaired) electrons. The Morgan fingerprint density at radius 3 is 2.43 bits per heavy atom. The minimum Gasteiger partial charge on any atom is -0.481 e. The first kappa shape index (κ1) is 24.9. The van der Waals surface area contributed by atoms with E-state index in [2.05, 4.69) is 6.08 Å². The van der Waals surface area contributed by atoms with Gasteiger partial charge in [-0.25, -0.2) is 0 Å². The number of allylic oxidation sites excluding steroid dienone is 1.